The number of carbonyl (C=O) groups is 2. The van der Waals surface area contributed by atoms with E-state index in [0.29, 0.717) is 22.4 Å². The average Bonchev–Trinajstić information content (AvgIpc) is 2.84. The zero-order valence-electron chi connectivity index (χ0n) is 22.5. The zero-order valence-corrected chi connectivity index (χ0v) is 22.5. The number of hydrogen-bond acceptors (Lipinski definition) is 8. The molecule has 2 aromatic carbocycles. The SMILES string of the molecule is C=C(C)C(=O)Oc1ccc(-c2cc(F)c(OCCOC(O)C(=C)C)c(OCCOC(=O)C(C)(C)C)c2)cc1. The highest BCUT2D eigenvalue weighted by atomic mass is 19.1. The second-order valence-corrected chi connectivity index (χ2v) is 9.63. The fraction of sp³-hybridized carbons (Fsp3) is 0.379. The summed E-state index contributed by atoms with van der Waals surface area (Å²) in [6.07, 6.45) is -1.16. The Kier molecular flexibility index (Phi) is 11.0. The van der Waals surface area contributed by atoms with Crippen molar-refractivity contribution in [3.8, 4) is 28.4 Å². The molecule has 2 rings (SSSR count). The lowest BCUT2D eigenvalue weighted by molar-refractivity contribution is -0.153. The maximum Gasteiger partial charge on any atom is 0.338 e. The number of esters is 2. The minimum absolute atomic E-state index is 0.0256. The number of hydrogen-bond donors (Lipinski definition) is 1. The van der Waals surface area contributed by atoms with Crippen molar-refractivity contribution in [1.29, 1.82) is 0 Å². The number of aliphatic hydroxyl groups is 1. The van der Waals surface area contributed by atoms with Gasteiger partial charge in [-0.15, -0.1) is 0 Å². The highest BCUT2D eigenvalue weighted by molar-refractivity contribution is 5.88. The van der Waals surface area contributed by atoms with Crippen molar-refractivity contribution in [2.75, 3.05) is 26.4 Å². The van der Waals surface area contributed by atoms with Gasteiger partial charge in [-0.25, -0.2) is 9.18 Å². The topological polar surface area (TPSA) is 101 Å². The molecule has 38 heavy (non-hydrogen) atoms. The summed E-state index contributed by atoms with van der Waals surface area (Å²) in [6.45, 7) is 15.3. The molecule has 0 aliphatic rings. The Morgan fingerprint density at radius 2 is 1.58 bits per heavy atom. The maximum atomic E-state index is 15.2. The molecule has 0 radical (unpaired) electrons. The minimum Gasteiger partial charge on any atom is -0.486 e. The third kappa shape index (κ3) is 9.32. The van der Waals surface area contributed by atoms with Gasteiger partial charge < -0.3 is 28.8 Å². The Bertz CT molecular complexity index is 1150. The van der Waals surface area contributed by atoms with Gasteiger partial charge in [-0.3, -0.25) is 4.79 Å². The van der Waals surface area contributed by atoms with Gasteiger partial charge >= 0.3 is 11.9 Å². The van der Waals surface area contributed by atoms with Crippen molar-refractivity contribution >= 4 is 11.9 Å². The van der Waals surface area contributed by atoms with Crippen LogP contribution in [0.1, 0.15) is 34.6 Å². The number of halogens is 1. The Labute approximate surface area is 222 Å². The van der Waals surface area contributed by atoms with E-state index in [1.807, 2.05) is 0 Å². The molecule has 0 aliphatic heterocycles. The number of benzene rings is 2. The second-order valence-electron chi connectivity index (χ2n) is 9.63. The molecule has 1 unspecified atom stereocenters. The van der Waals surface area contributed by atoms with Crippen molar-refractivity contribution in [3.05, 3.63) is 66.5 Å². The summed E-state index contributed by atoms with van der Waals surface area (Å²) in [7, 11) is 0. The van der Waals surface area contributed by atoms with Crippen LogP contribution < -0.4 is 14.2 Å². The number of ether oxygens (including phenoxy) is 5. The Morgan fingerprint density at radius 3 is 2.16 bits per heavy atom. The third-order valence-electron chi connectivity index (χ3n) is 4.97. The molecular weight excluding hydrogens is 495 g/mol. The molecule has 0 fully saturated rings. The van der Waals surface area contributed by atoms with Crippen molar-refractivity contribution in [1.82, 2.24) is 0 Å². The summed E-state index contributed by atoms with van der Waals surface area (Å²) in [5.74, 6) is -1.38. The molecule has 0 saturated carbocycles. The number of carbonyl (C=O) groups excluding carboxylic acids is 2. The van der Waals surface area contributed by atoms with Gasteiger partial charge in [-0.2, -0.15) is 0 Å². The first-order valence-electron chi connectivity index (χ1n) is 12.0. The zero-order chi connectivity index (χ0) is 28.5. The van der Waals surface area contributed by atoms with Gasteiger partial charge in [0, 0.05) is 5.57 Å². The fourth-order valence-electron chi connectivity index (χ4n) is 2.84. The molecule has 0 aliphatic carbocycles. The molecule has 0 aromatic heterocycles. The average molecular weight is 531 g/mol. The molecule has 206 valence electrons. The first-order chi connectivity index (χ1) is 17.8. The second kappa shape index (κ2) is 13.7. The summed E-state index contributed by atoms with van der Waals surface area (Å²) in [6, 6.07) is 9.35. The van der Waals surface area contributed by atoms with Crippen LogP contribution in [0.3, 0.4) is 0 Å². The van der Waals surface area contributed by atoms with Crippen LogP contribution in [0.4, 0.5) is 4.39 Å². The molecular formula is C29H35FO8. The van der Waals surface area contributed by atoms with Crippen LogP contribution in [-0.2, 0) is 19.1 Å². The molecule has 0 spiro atoms. The maximum absolute atomic E-state index is 15.2. The van der Waals surface area contributed by atoms with Crippen LogP contribution in [0.15, 0.2) is 60.7 Å². The molecule has 9 heteroatoms. The van der Waals surface area contributed by atoms with Crippen LogP contribution >= 0.6 is 0 Å². The Hall–Kier alpha value is -3.69. The van der Waals surface area contributed by atoms with Gasteiger partial charge in [0.2, 0.25) is 0 Å². The number of aliphatic hydroxyl groups excluding tert-OH is 1. The van der Waals surface area contributed by atoms with E-state index in [-0.39, 0.29) is 43.5 Å². The summed E-state index contributed by atoms with van der Waals surface area (Å²) in [4.78, 5) is 23.7. The van der Waals surface area contributed by atoms with E-state index in [0.717, 1.165) is 0 Å². The van der Waals surface area contributed by atoms with Gasteiger partial charge in [0.1, 0.15) is 25.6 Å². The smallest absolute Gasteiger partial charge is 0.338 e. The van der Waals surface area contributed by atoms with E-state index in [9.17, 15) is 14.7 Å². The van der Waals surface area contributed by atoms with Gasteiger partial charge in [-0.1, -0.05) is 25.3 Å². The Balaban J connectivity index is 2.21. The first kappa shape index (κ1) is 30.5. The molecule has 1 atom stereocenters. The van der Waals surface area contributed by atoms with Gasteiger partial charge in [-0.05, 0) is 75.6 Å². The molecule has 2 aromatic rings. The minimum atomic E-state index is -1.16. The van der Waals surface area contributed by atoms with E-state index in [1.54, 1.807) is 65.0 Å². The fourth-order valence-corrected chi connectivity index (χ4v) is 2.84. The van der Waals surface area contributed by atoms with Crippen molar-refractivity contribution in [2.24, 2.45) is 5.41 Å². The largest absolute Gasteiger partial charge is 0.486 e. The van der Waals surface area contributed by atoms with Crippen molar-refractivity contribution in [2.45, 2.75) is 40.9 Å². The van der Waals surface area contributed by atoms with Crippen LogP contribution in [-0.4, -0.2) is 49.8 Å². The van der Waals surface area contributed by atoms with Crippen LogP contribution in [0.25, 0.3) is 11.1 Å². The molecule has 8 nitrogen and oxygen atoms in total. The molecule has 0 amide bonds. The van der Waals surface area contributed by atoms with E-state index in [4.69, 9.17) is 23.7 Å². The summed E-state index contributed by atoms with van der Waals surface area (Å²) >= 11 is 0. The molecule has 0 saturated heterocycles. The van der Waals surface area contributed by atoms with Crippen LogP contribution in [0, 0.1) is 11.2 Å². The van der Waals surface area contributed by atoms with E-state index in [1.165, 1.54) is 6.07 Å². The highest BCUT2D eigenvalue weighted by Crippen LogP contribution is 2.36. The summed E-state index contributed by atoms with van der Waals surface area (Å²) < 4.78 is 42.1. The van der Waals surface area contributed by atoms with Crippen molar-refractivity contribution in [3.63, 3.8) is 0 Å². The quantitative estimate of drug-likeness (QED) is 0.0938. The van der Waals surface area contributed by atoms with E-state index < -0.39 is 29.5 Å². The lowest BCUT2D eigenvalue weighted by Gasteiger charge is -2.18. The number of rotatable bonds is 13. The van der Waals surface area contributed by atoms with Crippen LogP contribution in [0.2, 0.25) is 0 Å². The van der Waals surface area contributed by atoms with E-state index >= 15 is 4.39 Å². The monoisotopic (exact) mass is 530 g/mol. The van der Waals surface area contributed by atoms with Gasteiger partial charge in [0.05, 0.1) is 12.0 Å². The Morgan fingerprint density at radius 1 is 0.947 bits per heavy atom. The predicted molar refractivity (Wildman–Crippen MR) is 140 cm³/mol. The van der Waals surface area contributed by atoms with Gasteiger partial charge in [0.25, 0.3) is 0 Å². The predicted octanol–water partition coefficient (Wildman–Crippen LogP) is 5.23. The van der Waals surface area contributed by atoms with Crippen LogP contribution in [0.5, 0.6) is 17.2 Å². The van der Waals surface area contributed by atoms with Gasteiger partial charge in [0.15, 0.2) is 23.6 Å². The highest BCUT2D eigenvalue weighted by Gasteiger charge is 2.23. The summed E-state index contributed by atoms with van der Waals surface area (Å²) in [5.41, 5.74) is 1.13. The lowest BCUT2D eigenvalue weighted by Crippen LogP contribution is -2.25. The third-order valence-corrected chi connectivity index (χ3v) is 4.97. The normalized spacial score (nSPS) is 11.9. The van der Waals surface area contributed by atoms with E-state index in [2.05, 4.69) is 13.2 Å². The van der Waals surface area contributed by atoms with Crippen molar-refractivity contribution < 1.29 is 42.8 Å². The molecule has 1 N–H and O–H groups in total. The standard InChI is InChI=1S/C29H35FO8/c1-18(2)26(31)36-14-13-35-25-23(30)16-21(17-24(25)34-12-15-37-28(33)29(5,6)7)20-8-10-22(11-9-20)38-27(32)19(3)4/h8-11,16-17,26,31H,1,3,12-15H2,2,4-7H3. The lowest BCUT2D eigenvalue weighted by atomic mass is 9.97. The molecule has 0 bridgehead atoms. The first-order valence-corrected chi connectivity index (χ1v) is 12.0. The summed E-state index contributed by atoms with van der Waals surface area (Å²) in [5, 5.41) is 9.69. The molecule has 0 heterocycles.